The van der Waals surface area contributed by atoms with E-state index in [1.807, 2.05) is 13.1 Å². The number of carbonyl (C=O) groups is 3. The van der Waals surface area contributed by atoms with Crippen LogP contribution in [0.25, 0.3) is 0 Å². The first-order valence-corrected chi connectivity index (χ1v) is 19.4. The number of cyclic esters (lactones) is 1. The highest BCUT2D eigenvalue weighted by molar-refractivity contribution is 7.86. The van der Waals surface area contributed by atoms with Crippen molar-refractivity contribution in [2.45, 2.75) is 134 Å². The van der Waals surface area contributed by atoms with Crippen LogP contribution < -0.4 is 0 Å². The van der Waals surface area contributed by atoms with E-state index >= 15 is 0 Å². The van der Waals surface area contributed by atoms with Crippen LogP contribution in [0, 0.1) is 0 Å². The van der Waals surface area contributed by atoms with Gasteiger partial charge in [0.1, 0.15) is 23.5 Å². The molecule has 0 radical (unpaired) electrons. The minimum atomic E-state index is -3.87. The molecule has 3 aliphatic rings. The lowest BCUT2D eigenvalue weighted by atomic mass is 9.85. The van der Waals surface area contributed by atoms with Crippen molar-refractivity contribution in [2.75, 3.05) is 26.6 Å². The molecule has 248 valence electrons. The van der Waals surface area contributed by atoms with Gasteiger partial charge in [0.05, 0.1) is 26.6 Å². The van der Waals surface area contributed by atoms with E-state index in [1.165, 1.54) is 16.9 Å². The molecule has 43 heavy (non-hydrogen) atoms. The maximum Gasteiger partial charge on any atom is 0.413 e. The lowest BCUT2D eigenvalue weighted by Crippen LogP contribution is -2.63. The van der Waals surface area contributed by atoms with E-state index in [0.29, 0.717) is 6.42 Å². The summed E-state index contributed by atoms with van der Waals surface area (Å²) in [6.45, 7) is 18.9. The van der Waals surface area contributed by atoms with Crippen LogP contribution in [0.5, 0.6) is 0 Å². The summed E-state index contributed by atoms with van der Waals surface area (Å²) in [6.07, 6.45) is -1.95. The van der Waals surface area contributed by atoms with Gasteiger partial charge in [-0.2, -0.15) is 8.42 Å². The van der Waals surface area contributed by atoms with Crippen LogP contribution in [-0.4, -0.2) is 112 Å². The van der Waals surface area contributed by atoms with Crippen LogP contribution in [0.4, 0.5) is 9.59 Å². The van der Waals surface area contributed by atoms with Crippen molar-refractivity contribution in [2.24, 2.45) is 0 Å². The smallest absolute Gasteiger partial charge is 0.413 e. The third kappa shape index (κ3) is 7.31. The Morgan fingerprint density at radius 2 is 1.74 bits per heavy atom. The van der Waals surface area contributed by atoms with Gasteiger partial charge in [-0.15, -0.1) is 0 Å². The second-order valence-electron chi connectivity index (χ2n) is 14.7. The summed E-state index contributed by atoms with van der Waals surface area (Å²) in [7, 11) is -4.92. The van der Waals surface area contributed by atoms with Crippen molar-refractivity contribution in [1.82, 2.24) is 9.80 Å². The Morgan fingerprint density at radius 1 is 1.14 bits per heavy atom. The number of methoxy groups -OCH3 is 1. The molecule has 3 aliphatic heterocycles. The molecular weight excluding hydrogens is 600 g/mol. The van der Waals surface area contributed by atoms with E-state index in [4.69, 9.17) is 27.6 Å². The molecule has 0 aromatic rings. The minimum absolute atomic E-state index is 0.00528. The van der Waals surface area contributed by atoms with Crippen LogP contribution in [-0.2, 0) is 42.5 Å². The molecular formula is C28H50N2O11SSi. The van der Waals surface area contributed by atoms with Gasteiger partial charge in [-0.25, -0.2) is 14.4 Å². The Hall–Kier alpha value is -1.94. The molecule has 3 fully saturated rings. The fraction of sp³-hybridized carbons (Fsp3) is 0.893. The van der Waals surface area contributed by atoms with Crippen molar-refractivity contribution in [3.8, 4) is 0 Å². The number of esters is 1. The van der Waals surface area contributed by atoms with Gasteiger partial charge in [-0.3, -0.25) is 14.0 Å². The fourth-order valence-corrected chi connectivity index (χ4v) is 7.52. The van der Waals surface area contributed by atoms with E-state index in [0.717, 1.165) is 6.26 Å². The molecule has 0 bridgehead atoms. The molecule has 0 aliphatic carbocycles. The first-order valence-electron chi connectivity index (χ1n) is 14.6. The third-order valence-corrected chi connectivity index (χ3v) is 14.0. The van der Waals surface area contributed by atoms with Crippen molar-refractivity contribution in [1.29, 1.82) is 0 Å². The zero-order valence-corrected chi connectivity index (χ0v) is 29.5. The molecule has 3 rings (SSSR count). The summed E-state index contributed by atoms with van der Waals surface area (Å²) in [5, 5.41) is -0.126. The van der Waals surface area contributed by atoms with Gasteiger partial charge >= 0.3 is 18.2 Å². The van der Waals surface area contributed by atoms with Gasteiger partial charge in [-0.05, 0) is 72.0 Å². The Kier molecular flexibility index (Phi) is 9.73. The molecule has 3 saturated heterocycles. The fourth-order valence-electron chi connectivity index (χ4n) is 5.85. The van der Waals surface area contributed by atoms with E-state index in [9.17, 15) is 22.8 Å². The molecule has 0 aromatic carbocycles. The highest BCUT2D eigenvalue weighted by Crippen LogP contribution is 2.49. The highest BCUT2D eigenvalue weighted by atomic mass is 32.2. The molecule has 5 atom stereocenters. The molecule has 15 heteroatoms. The number of nitrogens with zero attached hydrogens (tertiary/aromatic N) is 2. The average molecular weight is 651 g/mol. The van der Waals surface area contributed by atoms with E-state index in [2.05, 4.69) is 20.8 Å². The predicted octanol–water partition coefficient (Wildman–Crippen LogP) is 4.01. The van der Waals surface area contributed by atoms with Gasteiger partial charge in [0.25, 0.3) is 10.1 Å². The highest BCUT2D eigenvalue weighted by Gasteiger charge is 2.70. The SMILES string of the molecule is COC(=O)[C@]12CC[C@H](C[C@@H](CO[Si](C)(C)C(C)(C)C)OS(C)(=O)=O)N1C(=O)O[C@H]2[C@@H]1COC(C)(C)N1C(=O)OC(C)(C)C. The molecule has 0 N–H and O–H groups in total. The summed E-state index contributed by atoms with van der Waals surface area (Å²) < 4.78 is 58.9. The Labute approximate surface area is 257 Å². The van der Waals surface area contributed by atoms with Crippen molar-refractivity contribution in [3.05, 3.63) is 0 Å². The quantitative estimate of drug-likeness (QED) is 0.154. The molecule has 0 unspecified atom stereocenters. The zero-order chi connectivity index (χ0) is 33.0. The van der Waals surface area contributed by atoms with Crippen molar-refractivity contribution >= 4 is 36.6 Å². The Morgan fingerprint density at radius 3 is 2.26 bits per heavy atom. The Bertz CT molecular complexity index is 1190. The number of fused-ring (bicyclic) bond motifs is 1. The van der Waals surface area contributed by atoms with Gasteiger partial charge in [-0.1, -0.05) is 20.8 Å². The second-order valence-corrected chi connectivity index (χ2v) is 21.1. The zero-order valence-electron chi connectivity index (χ0n) is 27.6. The maximum atomic E-state index is 13.6. The lowest BCUT2D eigenvalue weighted by Gasteiger charge is -2.40. The van der Waals surface area contributed by atoms with Crippen molar-refractivity contribution < 1.29 is 50.4 Å². The first kappa shape index (κ1) is 35.5. The summed E-state index contributed by atoms with van der Waals surface area (Å²) in [4.78, 5) is 43.3. The standard InChI is InChI=1S/C28H50N2O11SSi/c1-25(2,3)40-24(33)30-20(17-37-27(30,7)8)21-28(22(31)36-9)14-13-18(29(28)23(32)39-21)15-19(41-42(10,34)35)16-38-43(11,12)26(4,5)6/h18-21H,13-17H2,1-12H3/t18-,19+,20+,21+,28-/m1/s1. The maximum absolute atomic E-state index is 13.6. The van der Waals surface area contributed by atoms with Crippen LogP contribution in [0.15, 0.2) is 0 Å². The van der Waals surface area contributed by atoms with E-state index in [1.54, 1.807) is 34.6 Å². The summed E-state index contributed by atoms with van der Waals surface area (Å²) in [5.74, 6) is -0.696. The lowest BCUT2D eigenvalue weighted by molar-refractivity contribution is -0.156. The molecule has 0 spiro atoms. The number of amides is 2. The van der Waals surface area contributed by atoms with E-state index in [-0.39, 0.29) is 31.1 Å². The summed E-state index contributed by atoms with van der Waals surface area (Å²) in [6, 6.07) is -1.49. The van der Waals surface area contributed by atoms with Gasteiger partial charge in [0, 0.05) is 6.04 Å². The number of carbonyl (C=O) groups excluding carboxylic acids is 3. The molecule has 3 heterocycles. The second kappa shape index (κ2) is 11.8. The Balaban J connectivity index is 1.96. The van der Waals surface area contributed by atoms with Gasteiger partial charge in [0.15, 0.2) is 20.0 Å². The summed E-state index contributed by atoms with van der Waals surface area (Å²) >= 11 is 0. The minimum Gasteiger partial charge on any atom is -0.467 e. The van der Waals surface area contributed by atoms with E-state index < -0.39 is 77.7 Å². The normalized spacial score (nSPS) is 28.5. The molecule has 0 saturated carbocycles. The molecule has 0 aromatic heterocycles. The molecule has 2 amide bonds. The first-order chi connectivity index (χ1) is 19.4. The van der Waals surface area contributed by atoms with Gasteiger partial charge < -0.3 is 23.4 Å². The van der Waals surface area contributed by atoms with Crippen LogP contribution in [0.3, 0.4) is 0 Å². The van der Waals surface area contributed by atoms with Crippen molar-refractivity contribution in [3.63, 3.8) is 0 Å². The largest absolute Gasteiger partial charge is 0.467 e. The van der Waals surface area contributed by atoms with Crippen LogP contribution in [0.2, 0.25) is 18.1 Å². The summed E-state index contributed by atoms with van der Waals surface area (Å²) in [5.41, 5.74) is -3.50. The number of hydrogen-bond acceptors (Lipinski definition) is 11. The number of hydrogen-bond donors (Lipinski definition) is 0. The third-order valence-electron chi connectivity index (χ3n) is 8.83. The average Bonchev–Trinajstić information content (AvgIpc) is 3.44. The molecule has 13 nitrogen and oxygen atoms in total. The number of rotatable bonds is 9. The van der Waals surface area contributed by atoms with Gasteiger partial charge in [0.2, 0.25) is 0 Å². The topological polar surface area (TPSA) is 147 Å². The predicted molar refractivity (Wildman–Crippen MR) is 159 cm³/mol. The van der Waals surface area contributed by atoms with Crippen LogP contribution in [0.1, 0.15) is 74.7 Å². The number of ether oxygens (including phenoxy) is 4. The monoisotopic (exact) mass is 650 g/mol. The van der Waals surface area contributed by atoms with Crippen LogP contribution >= 0.6 is 0 Å².